The van der Waals surface area contributed by atoms with Crippen molar-refractivity contribution in [3.63, 3.8) is 0 Å². The van der Waals surface area contributed by atoms with Gasteiger partial charge in [-0.1, -0.05) is 39.0 Å². The first kappa shape index (κ1) is 22.5. The topological polar surface area (TPSA) is 120 Å². The highest BCUT2D eigenvalue weighted by molar-refractivity contribution is 7.92. The van der Waals surface area contributed by atoms with E-state index in [0.29, 0.717) is 11.4 Å². The van der Waals surface area contributed by atoms with Gasteiger partial charge in [0, 0.05) is 17.6 Å². The first-order valence-corrected chi connectivity index (χ1v) is 11.9. The minimum atomic E-state index is -3.92. The van der Waals surface area contributed by atoms with E-state index in [4.69, 9.17) is 5.73 Å². The van der Waals surface area contributed by atoms with Crippen LogP contribution in [-0.2, 0) is 26.7 Å². The van der Waals surface area contributed by atoms with Crippen LogP contribution in [0.25, 0.3) is 16.6 Å². The van der Waals surface area contributed by atoms with Gasteiger partial charge in [-0.2, -0.15) is 5.10 Å². The molecule has 2 aromatic heterocycles. The van der Waals surface area contributed by atoms with Crippen LogP contribution in [0.3, 0.4) is 0 Å². The lowest BCUT2D eigenvalue weighted by Crippen LogP contribution is -2.17. The second-order valence-electron chi connectivity index (χ2n) is 8.80. The standard InChI is InChI=1S/C24H25N5O3S/c1-24(2,3)16-9-11-18(12-10-16)33(31,32)28-23-15-17(14-22(25)30)27-29(23)21-8-4-7-20-19(21)6-5-13-26-20/h4-13,15,28H,14H2,1-3H3,(H2,25,30). The zero-order valence-electron chi connectivity index (χ0n) is 18.6. The maximum Gasteiger partial charge on any atom is 0.263 e. The van der Waals surface area contributed by atoms with Gasteiger partial charge in [-0.05, 0) is 47.4 Å². The summed E-state index contributed by atoms with van der Waals surface area (Å²) in [6, 6.07) is 17.4. The summed E-state index contributed by atoms with van der Waals surface area (Å²) >= 11 is 0. The molecule has 2 heterocycles. The number of nitrogens with two attached hydrogens (primary N) is 1. The molecule has 2 aromatic carbocycles. The van der Waals surface area contributed by atoms with E-state index >= 15 is 0 Å². The minimum absolute atomic E-state index is 0.0968. The molecule has 0 bridgehead atoms. The molecule has 4 aromatic rings. The van der Waals surface area contributed by atoms with Crippen LogP contribution in [0.2, 0.25) is 0 Å². The number of nitrogens with one attached hydrogen (secondary N) is 1. The van der Waals surface area contributed by atoms with Crippen molar-refractivity contribution in [3.8, 4) is 5.69 Å². The predicted molar refractivity (Wildman–Crippen MR) is 128 cm³/mol. The Balaban J connectivity index is 1.78. The van der Waals surface area contributed by atoms with Gasteiger partial charge in [0.1, 0.15) is 5.82 Å². The normalized spacial score (nSPS) is 12.1. The number of primary amides is 1. The largest absolute Gasteiger partial charge is 0.369 e. The summed E-state index contributed by atoms with van der Waals surface area (Å²) in [4.78, 5) is 16.0. The van der Waals surface area contributed by atoms with Crippen LogP contribution < -0.4 is 10.5 Å². The average Bonchev–Trinajstić information content (AvgIpc) is 3.13. The van der Waals surface area contributed by atoms with E-state index in [9.17, 15) is 13.2 Å². The molecule has 0 aliphatic carbocycles. The Morgan fingerprint density at radius 3 is 2.45 bits per heavy atom. The molecule has 0 saturated heterocycles. The van der Waals surface area contributed by atoms with Crippen LogP contribution in [0.15, 0.2) is 71.8 Å². The Morgan fingerprint density at radius 1 is 1.06 bits per heavy atom. The summed E-state index contributed by atoms with van der Waals surface area (Å²) in [5, 5.41) is 5.24. The van der Waals surface area contributed by atoms with Crippen molar-refractivity contribution >= 4 is 32.7 Å². The highest BCUT2D eigenvalue weighted by atomic mass is 32.2. The summed E-state index contributed by atoms with van der Waals surface area (Å²) in [5.41, 5.74) is 7.98. The molecule has 4 rings (SSSR count). The van der Waals surface area contributed by atoms with E-state index in [0.717, 1.165) is 16.5 Å². The molecule has 3 N–H and O–H groups in total. The quantitative estimate of drug-likeness (QED) is 0.453. The van der Waals surface area contributed by atoms with Gasteiger partial charge in [0.25, 0.3) is 10.0 Å². The monoisotopic (exact) mass is 463 g/mol. The third kappa shape index (κ3) is 4.73. The van der Waals surface area contributed by atoms with Crippen LogP contribution >= 0.6 is 0 Å². The zero-order valence-corrected chi connectivity index (χ0v) is 19.4. The van der Waals surface area contributed by atoms with Crippen LogP contribution in [0.5, 0.6) is 0 Å². The zero-order chi connectivity index (χ0) is 23.8. The van der Waals surface area contributed by atoms with Gasteiger partial charge in [-0.25, -0.2) is 13.1 Å². The van der Waals surface area contributed by atoms with E-state index in [1.165, 1.54) is 10.7 Å². The molecule has 0 fully saturated rings. The molecular formula is C24H25N5O3S. The van der Waals surface area contributed by atoms with Gasteiger partial charge in [0.15, 0.2) is 0 Å². The van der Waals surface area contributed by atoms with E-state index in [-0.39, 0.29) is 22.5 Å². The number of aromatic nitrogens is 3. The second-order valence-corrected chi connectivity index (χ2v) is 10.5. The number of carbonyl (C=O) groups is 1. The fourth-order valence-electron chi connectivity index (χ4n) is 3.55. The lowest BCUT2D eigenvalue weighted by atomic mass is 9.87. The number of nitrogens with zero attached hydrogens (tertiary/aromatic N) is 3. The number of amides is 1. The van der Waals surface area contributed by atoms with Gasteiger partial charge in [0.05, 0.1) is 28.2 Å². The summed E-state index contributed by atoms with van der Waals surface area (Å²) in [5.74, 6) is -0.367. The predicted octanol–water partition coefficient (Wildman–Crippen LogP) is 3.55. The second kappa shape index (κ2) is 8.32. The van der Waals surface area contributed by atoms with Crippen LogP contribution in [-0.4, -0.2) is 29.1 Å². The summed E-state index contributed by atoms with van der Waals surface area (Å²) in [7, 11) is -3.92. The number of pyridine rings is 1. The molecule has 0 unspecified atom stereocenters. The van der Waals surface area contributed by atoms with Crippen molar-refractivity contribution in [3.05, 3.63) is 78.1 Å². The molecule has 1 amide bonds. The van der Waals surface area contributed by atoms with Gasteiger partial charge < -0.3 is 5.73 Å². The van der Waals surface area contributed by atoms with Crippen molar-refractivity contribution in [1.82, 2.24) is 14.8 Å². The number of anilines is 1. The molecule has 33 heavy (non-hydrogen) atoms. The van der Waals surface area contributed by atoms with Crippen molar-refractivity contribution in [2.45, 2.75) is 37.5 Å². The molecule has 0 aliphatic heterocycles. The first-order chi connectivity index (χ1) is 15.5. The van der Waals surface area contributed by atoms with E-state index in [1.54, 1.807) is 42.6 Å². The maximum absolute atomic E-state index is 13.2. The molecule has 170 valence electrons. The van der Waals surface area contributed by atoms with Gasteiger partial charge >= 0.3 is 0 Å². The third-order valence-corrected chi connectivity index (χ3v) is 6.61. The number of hydrogen-bond donors (Lipinski definition) is 2. The van der Waals surface area contributed by atoms with Gasteiger partial charge in [-0.15, -0.1) is 0 Å². The number of benzene rings is 2. The number of hydrogen-bond acceptors (Lipinski definition) is 5. The Hall–Kier alpha value is -3.72. The SMILES string of the molecule is CC(C)(C)c1ccc(S(=O)(=O)Nc2cc(CC(N)=O)nn2-c2cccc3ncccc23)cc1. The molecular weight excluding hydrogens is 438 g/mol. The maximum atomic E-state index is 13.2. The van der Waals surface area contributed by atoms with Crippen LogP contribution in [0, 0.1) is 0 Å². The summed E-state index contributed by atoms with van der Waals surface area (Å²) < 4.78 is 30.4. The number of fused-ring (bicyclic) bond motifs is 1. The molecule has 0 spiro atoms. The summed E-state index contributed by atoms with van der Waals surface area (Å²) in [6.07, 6.45) is 1.56. The summed E-state index contributed by atoms with van der Waals surface area (Å²) in [6.45, 7) is 6.19. The van der Waals surface area contributed by atoms with E-state index in [2.05, 4.69) is 35.6 Å². The minimum Gasteiger partial charge on any atom is -0.369 e. The van der Waals surface area contributed by atoms with Crippen molar-refractivity contribution in [1.29, 1.82) is 0 Å². The fraction of sp³-hybridized carbons (Fsp3) is 0.208. The Kier molecular flexibility index (Phi) is 5.67. The van der Waals surface area contributed by atoms with Crippen molar-refractivity contribution < 1.29 is 13.2 Å². The smallest absolute Gasteiger partial charge is 0.263 e. The number of sulfonamides is 1. The highest BCUT2D eigenvalue weighted by Crippen LogP contribution is 2.27. The number of carbonyl (C=O) groups excluding carboxylic acids is 1. The third-order valence-electron chi connectivity index (χ3n) is 5.24. The van der Waals surface area contributed by atoms with Crippen molar-refractivity contribution in [2.24, 2.45) is 5.73 Å². The van der Waals surface area contributed by atoms with Crippen LogP contribution in [0.1, 0.15) is 32.0 Å². The molecule has 8 nitrogen and oxygen atoms in total. The molecule has 9 heteroatoms. The molecule has 0 aliphatic rings. The molecule has 0 saturated carbocycles. The van der Waals surface area contributed by atoms with E-state index in [1.807, 2.05) is 18.2 Å². The lowest BCUT2D eigenvalue weighted by Gasteiger charge is -2.19. The van der Waals surface area contributed by atoms with Gasteiger partial charge in [0.2, 0.25) is 5.91 Å². The molecule has 0 radical (unpaired) electrons. The lowest BCUT2D eigenvalue weighted by molar-refractivity contribution is -0.117. The highest BCUT2D eigenvalue weighted by Gasteiger charge is 2.21. The Bertz CT molecular complexity index is 1430. The van der Waals surface area contributed by atoms with Gasteiger partial charge in [-0.3, -0.25) is 14.5 Å². The van der Waals surface area contributed by atoms with Crippen molar-refractivity contribution in [2.75, 3.05) is 4.72 Å². The van der Waals surface area contributed by atoms with Crippen LogP contribution in [0.4, 0.5) is 5.82 Å². The Labute approximate surface area is 192 Å². The van der Waals surface area contributed by atoms with E-state index < -0.39 is 15.9 Å². The first-order valence-electron chi connectivity index (χ1n) is 10.4. The molecule has 0 atom stereocenters. The average molecular weight is 464 g/mol. The number of rotatable bonds is 6. The fourth-order valence-corrected chi connectivity index (χ4v) is 4.59. The Morgan fingerprint density at radius 2 is 1.79 bits per heavy atom.